The predicted octanol–water partition coefficient (Wildman–Crippen LogP) is 4.98. The Morgan fingerprint density at radius 2 is 1.59 bits per heavy atom. The third-order valence-corrected chi connectivity index (χ3v) is 6.70. The van der Waals surface area contributed by atoms with Crippen LogP contribution in [0.3, 0.4) is 0 Å². The van der Waals surface area contributed by atoms with E-state index in [4.69, 9.17) is 16.7 Å². The first-order valence-corrected chi connectivity index (χ1v) is 11.9. The monoisotopic (exact) mass is 476 g/mol. The van der Waals surface area contributed by atoms with Crippen molar-refractivity contribution in [3.63, 3.8) is 0 Å². The average Bonchev–Trinajstić information content (AvgIpc) is 3.32. The summed E-state index contributed by atoms with van der Waals surface area (Å²) in [5.74, 6) is -0.247. The molecule has 0 N–H and O–H groups in total. The zero-order chi connectivity index (χ0) is 23.5. The fourth-order valence-electron chi connectivity index (χ4n) is 4.61. The molecular weight excluding hydrogens is 451 g/mol. The molecule has 5 rings (SSSR count). The van der Waals surface area contributed by atoms with E-state index in [0.717, 1.165) is 16.8 Å². The summed E-state index contributed by atoms with van der Waals surface area (Å²) in [6, 6.07) is 24.3. The van der Waals surface area contributed by atoms with Gasteiger partial charge in [-0.2, -0.15) is 5.10 Å². The summed E-state index contributed by atoms with van der Waals surface area (Å²) >= 11 is 6.09. The maximum absolute atomic E-state index is 14.2. The van der Waals surface area contributed by atoms with Crippen LogP contribution >= 0.6 is 11.6 Å². The van der Waals surface area contributed by atoms with E-state index in [2.05, 4.69) is 4.90 Å². The van der Waals surface area contributed by atoms with Crippen LogP contribution in [0.1, 0.15) is 23.6 Å². The lowest BCUT2D eigenvalue weighted by atomic mass is 9.98. The summed E-state index contributed by atoms with van der Waals surface area (Å²) in [7, 11) is 0. The summed E-state index contributed by atoms with van der Waals surface area (Å²) < 4.78 is 14.2. The van der Waals surface area contributed by atoms with Crippen molar-refractivity contribution in [1.29, 1.82) is 0 Å². The Morgan fingerprint density at radius 3 is 2.29 bits per heavy atom. The predicted molar refractivity (Wildman–Crippen MR) is 134 cm³/mol. The molecule has 1 fully saturated rings. The van der Waals surface area contributed by atoms with E-state index in [0.29, 0.717) is 43.3 Å². The molecule has 2 aliphatic rings. The second-order valence-electron chi connectivity index (χ2n) is 8.64. The Hall–Kier alpha value is -3.22. The summed E-state index contributed by atoms with van der Waals surface area (Å²) in [5.41, 5.74) is 3.55. The van der Waals surface area contributed by atoms with Crippen LogP contribution in [-0.4, -0.2) is 54.3 Å². The average molecular weight is 477 g/mol. The first-order valence-electron chi connectivity index (χ1n) is 11.5. The van der Waals surface area contributed by atoms with E-state index >= 15 is 0 Å². The highest BCUT2D eigenvalue weighted by molar-refractivity contribution is 6.30. The van der Waals surface area contributed by atoms with Gasteiger partial charge in [-0.15, -0.1) is 0 Å². The van der Waals surface area contributed by atoms with Gasteiger partial charge in [0.25, 0.3) is 5.91 Å². The standard InChI is InChI=1S/C27H26ClFN4O/c28-22-12-10-21(11-13-22)26-18-24(20-6-2-1-3-7-20)30-33(26)27(34)19-31-14-16-32(17-15-31)25-9-5-4-8-23(25)29/h1-13,26H,14-19H2/t26-/m1/s1. The number of rotatable bonds is 5. The summed E-state index contributed by atoms with van der Waals surface area (Å²) in [5, 5.41) is 7.06. The van der Waals surface area contributed by atoms with Gasteiger partial charge < -0.3 is 4.90 Å². The topological polar surface area (TPSA) is 39.2 Å². The van der Waals surface area contributed by atoms with E-state index in [-0.39, 0.29) is 24.3 Å². The van der Waals surface area contributed by atoms with Gasteiger partial charge in [-0.1, -0.05) is 66.2 Å². The fraction of sp³-hybridized carbons (Fsp3) is 0.259. The number of amides is 1. The van der Waals surface area contributed by atoms with E-state index in [1.54, 1.807) is 17.1 Å². The molecule has 2 heterocycles. The van der Waals surface area contributed by atoms with E-state index in [1.807, 2.05) is 65.6 Å². The van der Waals surface area contributed by atoms with Crippen LogP contribution < -0.4 is 4.90 Å². The number of hydrazone groups is 1. The molecule has 2 aliphatic heterocycles. The van der Waals surface area contributed by atoms with Crippen LogP contribution in [0.25, 0.3) is 0 Å². The van der Waals surface area contributed by atoms with Gasteiger partial charge in [0.1, 0.15) is 5.82 Å². The van der Waals surface area contributed by atoms with Gasteiger partial charge in [0.15, 0.2) is 0 Å². The minimum atomic E-state index is -0.210. The van der Waals surface area contributed by atoms with Crippen molar-refractivity contribution in [3.05, 3.63) is 101 Å². The number of piperazine rings is 1. The van der Waals surface area contributed by atoms with Crippen LogP contribution in [0.15, 0.2) is 84.0 Å². The normalized spacial score (nSPS) is 18.8. The molecule has 0 aromatic heterocycles. The molecule has 7 heteroatoms. The van der Waals surface area contributed by atoms with Gasteiger partial charge in [0.2, 0.25) is 0 Å². The lowest BCUT2D eigenvalue weighted by Crippen LogP contribution is -2.49. The largest absolute Gasteiger partial charge is 0.367 e. The van der Waals surface area contributed by atoms with Gasteiger partial charge >= 0.3 is 0 Å². The second kappa shape index (κ2) is 9.95. The Bertz CT molecular complexity index is 1180. The number of hydrogen-bond donors (Lipinski definition) is 0. The van der Waals surface area contributed by atoms with Gasteiger partial charge in [-0.05, 0) is 35.4 Å². The first-order chi connectivity index (χ1) is 16.6. The fourth-order valence-corrected chi connectivity index (χ4v) is 4.73. The molecule has 0 spiro atoms. The number of para-hydroxylation sites is 1. The van der Waals surface area contributed by atoms with Gasteiger partial charge in [0, 0.05) is 37.6 Å². The van der Waals surface area contributed by atoms with E-state index in [1.165, 1.54) is 6.07 Å². The number of benzene rings is 3. The van der Waals surface area contributed by atoms with Crippen molar-refractivity contribution in [1.82, 2.24) is 9.91 Å². The molecule has 0 radical (unpaired) electrons. The van der Waals surface area contributed by atoms with Crippen LogP contribution in [0, 0.1) is 5.82 Å². The molecule has 174 valence electrons. The van der Waals surface area contributed by atoms with Crippen LogP contribution in [-0.2, 0) is 4.79 Å². The summed E-state index contributed by atoms with van der Waals surface area (Å²) in [4.78, 5) is 17.6. The SMILES string of the molecule is O=C(CN1CCN(c2ccccc2F)CC1)N1N=C(c2ccccc2)C[C@@H]1c1ccc(Cl)cc1. The molecule has 5 nitrogen and oxygen atoms in total. The first kappa shape index (κ1) is 22.6. The molecule has 0 saturated carbocycles. The molecule has 1 saturated heterocycles. The van der Waals surface area contributed by atoms with Crippen molar-refractivity contribution in [2.75, 3.05) is 37.6 Å². The Kier molecular flexibility index (Phi) is 6.61. The molecule has 0 unspecified atom stereocenters. The van der Waals surface area contributed by atoms with Crippen LogP contribution in [0.4, 0.5) is 10.1 Å². The zero-order valence-corrected chi connectivity index (χ0v) is 19.5. The lowest BCUT2D eigenvalue weighted by molar-refractivity contribution is -0.134. The maximum atomic E-state index is 14.2. The number of nitrogens with zero attached hydrogens (tertiary/aromatic N) is 4. The molecule has 1 amide bonds. The smallest absolute Gasteiger partial charge is 0.257 e. The van der Waals surface area contributed by atoms with Gasteiger partial charge in [0.05, 0.1) is 24.0 Å². The van der Waals surface area contributed by atoms with Crippen molar-refractivity contribution < 1.29 is 9.18 Å². The molecule has 3 aromatic rings. The second-order valence-corrected chi connectivity index (χ2v) is 9.07. The van der Waals surface area contributed by atoms with Gasteiger partial charge in [-0.25, -0.2) is 9.40 Å². The lowest BCUT2D eigenvalue weighted by Gasteiger charge is -2.36. The molecule has 0 bridgehead atoms. The Balaban J connectivity index is 1.30. The van der Waals surface area contributed by atoms with Crippen molar-refractivity contribution in [2.24, 2.45) is 5.10 Å². The minimum absolute atomic E-state index is 0.0368. The molecular formula is C27H26ClFN4O. The summed E-state index contributed by atoms with van der Waals surface area (Å²) in [6.07, 6.45) is 0.651. The van der Waals surface area contributed by atoms with Crippen LogP contribution in [0.2, 0.25) is 5.02 Å². The third kappa shape index (κ3) is 4.83. The van der Waals surface area contributed by atoms with Gasteiger partial charge in [-0.3, -0.25) is 9.69 Å². The molecule has 0 aliphatic carbocycles. The Morgan fingerprint density at radius 1 is 0.912 bits per heavy atom. The third-order valence-electron chi connectivity index (χ3n) is 6.45. The Labute approximate surface area is 204 Å². The van der Waals surface area contributed by atoms with E-state index < -0.39 is 0 Å². The number of hydrogen-bond acceptors (Lipinski definition) is 4. The number of anilines is 1. The van der Waals surface area contributed by atoms with Crippen molar-refractivity contribution >= 4 is 28.9 Å². The number of halogens is 2. The molecule has 1 atom stereocenters. The van der Waals surface area contributed by atoms with Crippen LogP contribution in [0.5, 0.6) is 0 Å². The minimum Gasteiger partial charge on any atom is -0.367 e. The van der Waals surface area contributed by atoms with E-state index in [9.17, 15) is 9.18 Å². The zero-order valence-electron chi connectivity index (χ0n) is 18.8. The maximum Gasteiger partial charge on any atom is 0.257 e. The molecule has 3 aromatic carbocycles. The highest BCUT2D eigenvalue weighted by Gasteiger charge is 2.34. The van der Waals surface area contributed by atoms with Crippen molar-refractivity contribution in [2.45, 2.75) is 12.5 Å². The molecule has 34 heavy (non-hydrogen) atoms. The number of carbonyl (C=O) groups excluding carboxylic acids is 1. The quantitative estimate of drug-likeness (QED) is 0.521. The number of carbonyl (C=O) groups is 1. The highest BCUT2D eigenvalue weighted by atomic mass is 35.5. The van der Waals surface area contributed by atoms with Crippen molar-refractivity contribution in [3.8, 4) is 0 Å². The summed E-state index contributed by atoms with van der Waals surface area (Å²) in [6.45, 7) is 3.01. The highest BCUT2D eigenvalue weighted by Crippen LogP contribution is 2.33.